The summed E-state index contributed by atoms with van der Waals surface area (Å²) in [6, 6.07) is 0. The van der Waals surface area contributed by atoms with Gasteiger partial charge in [-0.2, -0.15) is 0 Å². The van der Waals surface area contributed by atoms with Crippen LogP contribution >= 0.6 is 11.6 Å². The van der Waals surface area contributed by atoms with Crippen LogP contribution in [0.25, 0.3) is 0 Å². The molecule has 0 bridgehead atoms. The molecule has 1 rings (SSSR count). The summed E-state index contributed by atoms with van der Waals surface area (Å²) in [6.07, 6.45) is -0.280. The fraction of sp³-hybridized carbons (Fsp3) is 1.00. The molecule has 0 amide bonds. The van der Waals surface area contributed by atoms with E-state index >= 15 is 0 Å². The van der Waals surface area contributed by atoms with Gasteiger partial charge in [0.2, 0.25) is 0 Å². The molecule has 8 heavy (non-hydrogen) atoms. The molecule has 0 aliphatic carbocycles. The third-order valence-corrected chi connectivity index (χ3v) is 1.13. The summed E-state index contributed by atoms with van der Waals surface area (Å²) < 4.78 is 9.86. The summed E-state index contributed by atoms with van der Waals surface area (Å²) in [5, 5.41) is 0. The predicted molar refractivity (Wildman–Crippen MR) is 29.5 cm³/mol. The van der Waals surface area contributed by atoms with Gasteiger partial charge in [-0.05, 0) is 0 Å². The van der Waals surface area contributed by atoms with E-state index in [1.54, 1.807) is 0 Å². The maximum absolute atomic E-state index is 5.48. The Bertz CT molecular complexity index is 80.4. The summed E-state index contributed by atoms with van der Waals surface area (Å²) >= 11 is 5.48. The fourth-order valence-corrected chi connectivity index (χ4v) is 0.737. The molecule has 0 aromatic rings. The molecule has 2 atom stereocenters. The normalized spacial score (nSPS) is 38.2. The molecule has 1 saturated heterocycles. The van der Waals surface area contributed by atoms with E-state index in [2.05, 4.69) is 0 Å². The highest BCUT2D eigenvalue weighted by atomic mass is 35.5. The lowest BCUT2D eigenvalue weighted by Gasteiger charge is -2.02. The molecule has 1 aliphatic heterocycles. The van der Waals surface area contributed by atoms with E-state index < -0.39 is 0 Å². The van der Waals surface area contributed by atoms with Gasteiger partial charge in [-0.25, -0.2) is 0 Å². The highest BCUT2D eigenvalue weighted by Gasteiger charge is 2.21. The SMILES string of the molecule is NCC1OCC(Cl)O1. The Kier molecular flexibility index (Phi) is 2.08. The van der Waals surface area contributed by atoms with Crippen molar-refractivity contribution in [3.8, 4) is 0 Å². The smallest absolute Gasteiger partial charge is 0.171 e. The van der Waals surface area contributed by atoms with Crippen LogP contribution in [0.4, 0.5) is 0 Å². The molecule has 2 N–H and O–H groups in total. The van der Waals surface area contributed by atoms with Crippen molar-refractivity contribution in [2.75, 3.05) is 13.2 Å². The van der Waals surface area contributed by atoms with Gasteiger partial charge in [0.15, 0.2) is 11.9 Å². The van der Waals surface area contributed by atoms with Crippen LogP contribution in [0.1, 0.15) is 0 Å². The highest BCUT2D eigenvalue weighted by Crippen LogP contribution is 2.12. The van der Waals surface area contributed by atoms with Gasteiger partial charge in [0.25, 0.3) is 0 Å². The first-order chi connectivity index (χ1) is 3.83. The van der Waals surface area contributed by atoms with E-state index in [0.29, 0.717) is 13.2 Å². The molecule has 4 heteroatoms. The predicted octanol–water partition coefficient (Wildman–Crippen LogP) is -0.117. The lowest BCUT2D eigenvalue weighted by Crippen LogP contribution is -2.20. The molecule has 48 valence electrons. The molecule has 0 spiro atoms. The largest absolute Gasteiger partial charge is 0.347 e. The molecular formula is C4H8ClNO2. The van der Waals surface area contributed by atoms with Gasteiger partial charge in [0.05, 0.1) is 6.61 Å². The van der Waals surface area contributed by atoms with Crippen molar-refractivity contribution in [3.63, 3.8) is 0 Å². The Morgan fingerprint density at radius 3 is 2.75 bits per heavy atom. The van der Waals surface area contributed by atoms with E-state index in [0.717, 1.165) is 0 Å². The fourth-order valence-electron chi connectivity index (χ4n) is 0.550. The van der Waals surface area contributed by atoms with Crippen LogP contribution in [0, 0.1) is 0 Å². The van der Waals surface area contributed by atoms with Crippen LogP contribution in [0.2, 0.25) is 0 Å². The van der Waals surface area contributed by atoms with Gasteiger partial charge in [0.1, 0.15) is 0 Å². The van der Waals surface area contributed by atoms with Gasteiger partial charge in [-0.1, -0.05) is 11.6 Å². The Hall–Kier alpha value is 0.170. The lowest BCUT2D eigenvalue weighted by molar-refractivity contribution is -0.0381. The molecular weight excluding hydrogens is 130 g/mol. The second-order valence-corrected chi connectivity index (χ2v) is 2.03. The maximum atomic E-state index is 5.48. The van der Waals surface area contributed by atoms with Crippen molar-refractivity contribution in [3.05, 3.63) is 0 Å². The minimum atomic E-state index is -0.302. The number of rotatable bonds is 1. The van der Waals surface area contributed by atoms with Crippen molar-refractivity contribution >= 4 is 11.6 Å². The molecule has 0 saturated carbocycles. The van der Waals surface area contributed by atoms with Gasteiger partial charge in [-0.3, -0.25) is 0 Å². The monoisotopic (exact) mass is 137 g/mol. The molecule has 0 aromatic carbocycles. The van der Waals surface area contributed by atoms with Crippen LogP contribution in [0.15, 0.2) is 0 Å². The summed E-state index contributed by atoms with van der Waals surface area (Å²) in [7, 11) is 0. The molecule has 1 aliphatic rings. The summed E-state index contributed by atoms with van der Waals surface area (Å²) in [5.74, 6) is 0. The highest BCUT2D eigenvalue weighted by molar-refractivity contribution is 6.19. The first-order valence-corrected chi connectivity index (χ1v) is 2.88. The zero-order valence-electron chi connectivity index (χ0n) is 4.34. The zero-order chi connectivity index (χ0) is 5.98. The van der Waals surface area contributed by atoms with Crippen LogP contribution in [-0.4, -0.2) is 25.0 Å². The Morgan fingerprint density at radius 2 is 2.50 bits per heavy atom. The number of nitrogens with two attached hydrogens (primary N) is 1. The van der Waals surface area contributed by atoms with Crippen molar-refractivity contribution in [2.45, 2.75) is 11.9 Å². The Balaban J connectivity index is 2.22. The molecule has 0 radical (unpaired) electrons. The van der Waals surface area contributed by atoms with Gasteiger partial charge < -0.3 is 15.2 Å². The second-order valence-electron chi connectivity index (χ2n) is 1.54. The quantitative estimate of drug-likeness (QED) is 0.513. The topological polar surface area (TPSA) is 44.5 Å². The third kappa shape index (κ3) is 1.32. The second kappa shape index (κ2) is 2.64. The van der Waals surface area contributed by atoms with Gasteiger partial charge in [0, 0.05) is 6.54 Å². The Morgan fingerprint density at radius 1 is 1.75 bits per heavy atom. The van der Waals surface area contributed by atoms with Gasteiger partial charge in [-0.15, -0.1) is 0 Å². The van der Waals surface area contributed by atoms with E-state index in [4.69, 9.17) is 26.8 Å². The maximum Gasteiger partial charge on any atom is 0.171 e. The number of alkyl halides is 1. The molecule has 0 aromatic heterocycles. The number of hydrogen-bond acceptors (Lipinski definition) is 3. The minimum Gasteiger partial charge on any atom is -0.347 e. The molecule has 2 unspecified atom stereocenters. The van der Waals surface area contributed by atoms with Crippen molar-refractivity contribution < 1.29 is 9.47 Å². The van der Waals surface area contributed by atoms with Crippen LogP contribution in [-0.2, 0) is 9.47 Å². The zero-order valence-corrected chi connectivity index (χ0v) is 5.10. The van der Waals surface area contributed by atoms with Crippen LogP contribution < -0.4 is 5.73 Å². The van der Waals surface area contributed by atoms with Gasteiger partial charge >= 0.3 is 0 Å². The van der Waals surface area contributed by atoms with Crippen molar-refractivity contribution in [2.24, 2.45) is 5.73 Å². The number of ether oxygens (including phenoxy) is 2. The lowest BCUT2D eigenvalue weighted by atomic mass is 10.7. The van der Waals surface area contributed by atoms with E-state index in [-0.39, 0.29) is 11.9 Å². The van der Waals surface area contributed by atoms with Crippen LogP contribution in [0.3, 0.4) is 0 Å². The van der Waals surface area contributed by atoms with Crippen molar-refractivity contribution in [1.82, 2.24) is 0 Å². The minimum absolute atomic E-state index is 0.280. The average molecular weight is 138 g/mol. The summed E-state index contributed by atoms with van der Waals surface area (Å²) in [6.45, 7) is 0.826. The molecule has 3 nitrogen and oxygen atoms in total. The first kappa shape index (κ1) is 6.29. The first-order valence-electron chi connectivity index (χ1n) is 2.44. The van der Waals surface area contributed by atoms with E-state index in [1.165, 1.54) is 0 Å². The summed E-state index contributed by atoms with van der Waals surface area (Å²) in [4.78, 5) is 0. The average Bonchev–Trinajstić information content (AvgIpc) is 2.14. The summed E-state index contributed by atoms with van der Waals surface area (Å²) in [5.41, 5.74) is 4.89. The van der Waals surface area contributed by atoms with E-state index in [1.807, 2.05) is 0 Å². The standard InChI is InChI=1S/C4H8ClNO2/c5-3-2-7-4(1-6)8-3/h3-4H,1-2,6H2. The van der Waals surface area contributed by atoms with Crippen molar-refractivity contribution in [1.29, 1.82) is 0 Å². The Labute approximate surface area is 52.7 Å². The van der Waals surface area contributed by atoms with Crippen LogP contribution in [0.5, 0.6) is 0 Å². The molecule has 1 heterocycles. The third-order valence-electron chi connectivity index (χ3n) is 0.905. The number of hydrogen-bond donors (Lipinski definition) is 1. The van der Waals surface area contributed by atoms with E-state index in [9.17, 15) is 0 Å². The molecule has 1 fully saturated rings. The number of halogens is 1.